The van der Waals surface area contributed by atoms with E-state index >= 15 is 0 Å². The van der Waals surface area contributed by atoms with Crippen molar-refractivity contribution in [2.75, 3.05) is 7.11 Å². The van der Waals surface area contributed by atoms with Crippen molar-refractivity contribution in [1.29, 1.82) is 0 Å². The summed E-state index contributed by atoms with van der Waals surface area (Å²) in [5, 5.41) is 0. The molecule has 0 spiro atoms. The Hall–Kier alpha value is 0.140. The normalized spacial score (nSPS) is 10.0. The maximum absolute atomic E-state index is 11.4. The number of rotatable bonds is 14. The Labute approximate surface area is 154 Å². The van der Waals surface area contributed by atoms with Crippen LogP contribution in [0.25, 0.3) is 0 Å². The molecule has 0 aliphatic rings. The van der Waals surface area contributed by atoms with Gasteiger partial charge in [0.2, 0.25) is 0 Å². The van der Waals surface area contributed by atoms with Gasteiger partial charge in [0.25, 0.3) is 0 Å². The van der Waals surface area contributed by atoms with Crippen molar-refractivity contribution in [3.05, 3.63) is 0 Å². The smallest absolute Gasteiger partial charge is 1.00 e. The Balaban J connectivity index is -0.00000180. The van der Waals surface area contributed by atoms with Gasteiger partial charge in [-0.25, -0.2) is 0 Å². The fourth-order valence-corrected chi connectivity index (χ4v) is 2.31. The molecule has 0 N–H and O–H groups in total. The molecular weight excluding hydrogens is 275 g/mol. The first-order valence-electron chi connectivity index (χ1n) is 8.29. The number of hydrogen-bond acceptors (Lipinski definition) is 3. The van der Waals surface area contributed by atoms with E-state index in [4.69, 9.17) is 0 Å². The zero-order valence-corrected chi connectivity index (χ0v) is 16.4. The zero-order valence-electron chi connectivity index (χ0n) is 15.4. The Morgan fingerprint density at radius 1 is 0.810 bits per heavy atom. The summed E-state index contributed by atoms with van der Waals surface area (Å²) in [4.78, 5) is 22.3. The van der Waals surface area contributed by atoms with Crippen molar-refractivity contribution in [2.24, 2.45) is 0 Å². The van der Waals surface area contributed by atoms with Gasteiger partial charge in [0.1, 0.15) is 12.2 Å². The molecule has 0 rings (SSSR count). The average molecular weight is 308 g/mol. The van der Waals surface area contributed by atoms with E-state index in [1.807, 2.05) is 0 Å². The summed E-state index contributed by atoms with van der Waals surface area (Å²) in [5.74, 6) is -0.411. The Kier molecular flexibility index (Phi) is 20.3. The van der Waals surface area contributed by atoms with Gasteiger partial charge in [0.05, 0.1) is 7.11 Å². The van der Waals surface area contributed by atoms with Crippen LogP contribution in [0.3, 0.4) is 0 Å². The van der Waals surface area contributed by atoms with Gasteiger partial charge in [0.15, 0.2) is 0 Å². The van der Waals surface area contributed by atoms with Crippen LogP contribution in [0.4, 0.5) is 0 Å². The van der Waals surface area contributed by atoms with Crippen LogP contribution in [0.15, 0.2) is 0 Å². The largest absolute Gasteiger partial charge is 1.00 e. The van der Waals surface area contributed by atoms with Crippen LogP contribution < -0.4 is 29.6 Å². The topological polar surface area (TPSA) is 43.4 Å². The van der Waals surface area contributed by atoms with Crippen LogP contribution in [0.5, 0.6) is 0 Å². The number of carbonyl (C=O) groups is 2. The van der Waals surface area contributed by atoms with Crippen LogP contribution >= 0.6 is 0 Å². The molecule has 3 nitrogen and oxygen atoms in total. The molecule has 0 radical (unpaired) electrons. The molecule has 4 heteroatoms. The molecular formula is C17H33NaO3. The molecule has 0 aliphatic carbocycles. The number of hydrogen-bond donors (Lipinski definition) is 0. The standard InChI is InChI=1S/C17H32O3.Na.H/c1-3-4-5-6-7-8-9-10-11-12-13-14-16(18)15-17(19)20-2;;/h3-15H2,1-2H3;;/q;+1;-1. The van der Waals surface area contributed by atoms with E-state index in [2.05, 4.69) is 11.7 Å². The molecule has 0 saturated carbocycles. The molecule has 0 amide bonds. The quantitative estimate of drug-likeness (QED) is 0.213. The van der Waals surface area contributed by atoms with Crippen molar-refractivity contribution in [3.8, 4) is 0 Å². The molecule has 0 aliphatic heterocycles. The maximum atomic E-state index is 11.4. The van der Waals surface area contributed by atoms with Crippen molar-refractivity contribution in [2.45, 2.75) is 90.4 Å². The van der Waals surface area contributed by atoms with Gasteiger partial charge < -0.3 is 6.16 Å². The molecule has 0 fully saturated rings. The molecule has 21 heavy (non-hydrogen) atoms. The number of Topliss-reactive ketones (excluding diaryl/α,β-unsaturated/α-hetero) is 1. The van der Waals surface area contributed by atoms with Crippen molar-refractivity contribution in [3.63, 3.8) is 0 Å². The van der Waals surface area contributed by atoms with Gasteiger partial charge in [-0.3, -0.25) is 9.59 Å². The Morgan fingerprint density at radius 3 is 1.67 bits per heavy atom. The fraction of sp³-hybridized carbons (Fsp3) is 0.882. The summed E-state index contributed by atoms with van der Waals surface area (Å²) in [6, 6.07) is 0. The average Bonchev–Trinajstić information content (AvgIpc) is 2.44. The second-order valence-electron chi connectivity index (χ2n) is 5.58. The minimum Gasteiger partial charge on any atom is -1.00 e. The second kappa shape index (κ2) is 18.2. The summed E-state index contributed by atoms with van der Waals surface area (Å²) in [6.07, 6.45) is 14.5. The molecule has 0 unspecified atom stereocenters. The summed E-state index contributed by atoms with van der Waals surface area (Å²) in [5.41, 5.74) is 0. The van der Waals surface area contributed by atoms with Gasteiger partial charge in [-0.2, -0.15) is 0 Å². The molecule has 0 heterocycles. The second-order valence-corrected chi connectivity index (χ2v) is 5.58. The first kappa shape index (κ1) is 23.4. The number of methoxy groups -OCH3 is 1. The minimum absolute atomic E-state index is 0. The number of ether oxygens (including phenoxy) is 1. The van der Waals surface area contributed by atoms with Gasteiger partial charge in [-0.05, 0) is 6.42 Å². The Bertz CT molecular complexity index is 260. The Morgan fingerprint density at radius 2 is 1.24 bits per heavy atom. The number of esters is 1. The summed E-state index contributed by atoms with van der Waals surface area (Å²) < 4.78 is 4.47. The maximum Gasteiger partial charge on any atom is 1.00 e. The number of ketones is 1. The van der Waals surface area contributed by atoms with Crippen LogP contribution in [-0.4, -0.2) is 18.9 Å². The first-order chi connectivity index (χ1) is 9.70. The molecule has 0 aromatic rings. The van der Waals surface area contributed by atoms with E-state index in [9.17, 15) is 9.59 Å². The molecule has 120 valence electrons. The summed E-state index contributed by atoms with van der Waals surface area (Å²) >= 11 is 0. The third-order valence-corrected chi connectivity index (χ3v) is 3.63. The van der Waals surface area contributed by atoms with Gasteiger partial charge in [-0.1, -0.05) is 71.1 Å². The van der Waals surface area contributed by atoms with Gasteiger partial charge >= 0.3 is 35.5 Å². The first-order valence-corrected chi connectivity index (χ1v) is 8.29. The van der Waals surface area contributed by atoms with E-state index in [1.165, 1.54) is 64.9 Å². The number of carbonyl (C=O) groups excluding carboxylic acids is 2. The van der Waals surface area contributed by atoms with E-state index < -0.39 is 5.97 Å². The molecule has 0 atom stereocenters. The minimum atomic E-state index is -0.418. The van der Waals surface area contributed by atoms with E-state index in [0.29, 0.717) is 6.42 Å². The predicted molar refractivity (Wildman–Crippen MR) is 83.8 cm³/mol. The van der Waals surface area contributed by atoms with E-state index in [-0.39, 0.29) is 43.2 Å². The summed E-state index contributed by atoms with van der Waals surface area (Å²) in [7, 11) is 1.32. The summed E-state index contributed by atoms with van der Waals surface area (Å²) in [6.45, 7) is 2.25. The van der Waals surface area contributed by atoms with Gasteiger partial charge in [-0.15, -0.1) is 0 Å². The van der Waals surface area contributed by atoms with Crippen LogP contribution in [0, 0.1) is 0 Å². The monoisotopic (exact) mass is 308 g/mol. The SMILES string of the molecule is CCCCCCCCCCCCCC(=O)CC(=O)OC.[H-].[Na+]. The van der Waals surface area contributed by atoms with Crippen LogP contribution in [-0.2, 0) is 14.3 Å². The van der Waals surface area contributed by atoms with Crippen LogP contribution in [0.1, 0.15) is 91.8 Å². The van der Waals surface area contributed by atoms with E-state index in [1.54, 1.807) is 0 Å². The van der Waals surface area contributed by atoms with Crippen molar-refractivity contribution >= 4 is 11.8 Å². The third kappa shape index (κ3) is 18.1. The molecule has 0 saturated heterocycles. The third-order valence-electron chi connectivity index (χ3n) is 3.63. The fourth-order valence-electron chi connectivity index (χ4n) is 2.31. The van der Waals surface area contributed by atoms with E-state index in [0.717, 1.165) is 12.8 Å². The van der Waals surface area contributed by atoms with Crippen molar-refractivity contribution < 1.29 is 45.3 Å². The molecule has 0 bridgehead atoms. The molecule has 0 aromatic carbocycles. The van der Waals surface area contributed by atoms with Gasteiger partial charge in [0, 0.05) is 6.42 Å². The zero-order chi connectivity index (χ0) is 15.1. The molecule has 0 aromatic heterocycles. The number of unbranched alkanes of at least 4 members (excludes halogenated alkanes) is 10. The van der Waals surface area contributed by atoms with Crippen molar-refractivity contribution in [1.82, 2.24) is 0 Å². The predicted octanol–water partition coefficient (Wildman–Crippen LogP) is 1.94. The van der Waals surface area contributed by atoms with Crippen LogP contribution in [0.2, 0.25) is 0 Å².